The topological polar surface area (TPSA) is 114 Å². The number of aromatic amines is 1. The number of pyridine rings is 1. The summed E-state index contributed by atoms with van der Waals surface area (Å²) in [6.07, 6.45) is 7.21. The molecule has 0 unspecified atom stereocenters. The van der Waals surface area contributed by atoms with Crippen molar-refractivity contribution in [1.29, 1.82) is 0 Å². The van der Waals surface area contributed by atoms with Crippen LogP contribution in [-0.4, -0.2) is 32.9 Å². The normalized spacial score (nSPS) is 15.9. The van der Waals surface area contributed by atoms with Gasteiger partial charge in [0.1, 0.15) is 5.82 Å². The van der Waals surface area contributed by atoms with Gasteiger partial charge in [-0.05, 0) is 31.9 Å². The third kappa shape index (κ3) is 3.76. The molecule has 0 atom stereocenters. The molecule has 0 radical (unpaired) electrons. The third-order valence-electron chi connectivity index (χ3n) is 4.87. The lowest BCUT2D eigenvalue weighted by Gasteiger charge is -2.28. The number of nitrogens with one attached hydrogen (secondary N) is 2. The fourth-order valence-electron chi connectivity index (χ4n) is 3.40. The van der Waals surface area contributed by atoms with Crippen LogP contribution in [0.2, 0.25) is 0 Å². The molecule has 1 saturated carbocycles. The SMILES string of the molecule is Cc1nc(-c2ccncc2)[nH]c(=O)c1CC(=O)NC1(CN)CCCC1. The van der Waals surface area contributed by atoms with Crippen LogP contribution in [0.5, 0.6) is 0 Å². The maximum absolute atomic E-state index is 12.4. The zero-order valence-electron chi connectivity index (χ0n) is 14.3. The molecule has 0 saturated heterocycles. The minimum Gasteiger partial charge on any atom is -0.349 e. The molecule has 1 amide bonds. The first-order valence-electron chi connectivity index (χ1n) is 8.54. The molecule has 25 heavy (non-hydrogen) atoms. The highest BCUT2D eigenvalue weighted by Gasteiger charge is 2.34. The highest BCUT2D eigenvalue weighted by Crippen LogP contribution is 2.28. The zero-order chi connectivity index (χ0) is 17.9. The monoisotopic (exact) mass is 341 g/mol. The van der Waals surface area contributed by atoms with Crippen molar-refractivity contribution in [3.8, 4) is 11.4 Å². The fraction of sp³-hybridized carbons (Fsp3) is 0.444. The van der Waals surface area contributed by atoms with Crippen molar-refractivity contribution < 1.29 is 4.79 Å². The molecule has 132 valence electrons. The summed E-state index contributed by atoms with van der Waals surface area (Å²) in [5, 5.41) is 3.04. The van der Waals surface area contributed by atoms with Crippen LogP contribution in [0.15, 0.2) is 29.3 Å². The van der Waals surface area contributed by atoms with E-state index in [9.17, 15) is 9.59 Å². The Bertz CT molecular complexity index is 810. The van der Waals surface area contributed by atoms with Crippen LogP contribution >= 0.6 is 0 Å². The molecule has 0 spiro atoms. The molecule has 4 N–H and O–H groups in total. The first-order chi connectivity index (χ1) is 12.0. The van der Waals surface area contributed by atoms with Gasteiger partial charge in [-0.2, -0.15) is 0 Å². The molecule has 0 bridgehead atoms. The van der Waals surface area contributed by atoms with Crippen LogP contribution in [-0.2, 0) is 11.2 Å². The number of hydrogen-bond acceptors (Lipinski definition) is 5. The van der Waals surface area contributed by atoms with E-state index in [4.69, 9.17) is 5.73 Å². The molecular weight excluding hydrogens is 318 g/mol. The zero-order valence-corrected chi connectivity index (χ0v) is 14.3. The van der Waals surface area contributed by atoms with Crippen molar-refractivity contribution in [2.45, 2.75) is 44.6 Å². The van der Waals surface area contributed by atoms with Gasteiger partial charge in [0, 0.05) is 35.8 Å². The van der Waals surface area contributed by atoms with Gasteiger partial charge in [-0.15, -0.1) is 0 Å². The van der Waals surface area contributed by atoms with Gasteiger partial charge in [0.2, 0.25) is 5.91 Å². The number of aryl methyl sites for hydroxylation is 1. The van der Waals surface area contributed by atoms with Crippen molar-refractivity contribution in [3.05, 3.63) is 46.1 Å². The number of aromatic nitrogens is 3. The molecule has 7 nitrogen and oxygen atoms in total. The smallest absolute Gasteiger partial charge is 0.255 e. The predicted molar refractivity (Wildman–Crippen MR) is 94.9 cm³/mol. The van der Waals surface area contributed by atoms with Crippen LogP contribution < -0.4 is 16.6 Å². The molecule has 2 aromatic rings. The molecular formula is C18H23N5O2. The van der Waals surface area contributed by atoms with E-state index >= 15 is 0 Å². The van der Waals surface area contributed by atoms with E-state index in [1.807, 2.05) is 0 Å². The van der Waals surface area contributed by atoms with Gasteiger partial charge in [0.25, 0.3) is 5.56 Å². The maximum Gasteiger partial charge on any atom is 0.255 e. The molecule has 0 aliphatic heterocycles. The Labute approximate surface area is 146 Å². The Balaban J connectivity index is 1.79. The van der Waals surface area contributed by atoms with Crippen LogP contribution in [0, 0.1) is 6.92 Å². The maximum atomic E-state index is 12.4. The van der Waals surface area contributed by atoms with Crippen LogP contribution in [0.4, 0.5) is 0 Å². The number of H-pyrrole nitrogens is 1. The Kier molecular flexibility index (Phi) is 4.94. The standard InChI is InChI=1S/C18H23N5O2/c1-12-14(10-15(24)23-18(11-19)6-2-3-7-18)17(25)22-16(21-12)13-4-8-20-9-5-13/h4-5,8-9H,2-3,6-7,10-11,19H2,1H3,(H,23,24)(H,21,22,25). The molecule has 3 rings (SSSR count). The van der Waals surface area contributed by atoms with Gasteiger partial charge in [-0.1, -0.05) is 12.8 Å². The molecule has 1 aliphatic rings. The van der Waals surface area contributed by atoms with Gasteiger partial charge in [0.15, 0.2) is 0 Å². The summed E-state index contributed by atoms with van der Waals surface area (Å²) in [6, 6.07) is 3.55. The second-order valence-corrected chi connectivity index (χ2v) is 6.63. The number of nitrogens with zero attached hydrogens (tertiary/aromatic N) is 2. The van der Waals surface area contributed by atoms with Crippen molar-refractivity contribution in [3.63, 3.8) is 0 Å². The molecule has 1 aliphatic carbocycles. The largest absolute Gasteiger partial charge is 0.349 e. The summed E-state index contributed by atoms with van der Waals surface area (Å²) in [7, 11) is 0. The molecule has 2 heterocycles. The van der Waals surface area contributed by atoms with E-state index in [0.29, 0.717) is 23.6 Å². The second kappa shape index (κ2) is 7.14. The van der Waals surface area contributed by atoms with Gasteiger partial charge >= 0.3 is 0 Å². The summed E-state index contributed by atoms with van der Waals surface area (Å²) >= 11 is 0. The first-order valence-corrected chi connectivity index (χ1v) is 8.54. The number of amides is 1. The van der Waals surface area contributed by atoms with Gasteiger partial charge in [0.05, 0.1) is 12.0 Å². The fourth-order valence-corrected chi connectivity index (χ4v) is 3.40. The molecule has 1 fully saturated rings. The molecule has 2 aromatic heterocycles. The lowest BCUT2D eigenvalue weighted by Crippen LogP contribution is -2.52. The van der Waals surface area contributed by atoms with Crippen molar-refractivity contribution in [2.24, 2.45) is 5.73 Å². The van der Waals surface area contributed by atoms with Gasteiger partial charge in [-0.3, -0.25) is 14.6 Å². The minimum absolute atomic E-state index is 0.00649. The van der Waals surface area contributed by atoms with E-state index in [0.717, 1.165) is 31.2 Å². The first kappa shape index (κ1) is 17.3. The lowest BCUT2D eigenvalue weighted by molar-refractivity contribution is -0.122. The summed E-state index contributed by atoms with van der Waals surface area (Å²) in [5.74, 6) is 0.294. The molecule has 7 heteroatoms. The number of carbonyl (C=O) groups is 1. The Hall–Kier alpha value is -2.54. The van der Waals surface area contributed by atoms with Crippen molar-refractivity contribution in [2.75, 3.05) is 6.54 Å². The van der Waals surface area contributed by atoms with Crippen LogP contribution in [0.1, 0.15) is 36.9 Å². The van der Waals surface area contributed by atoms with E-state index in [-0.39, 0.29) is 23.4 Å². The number of carbonyl (C=O) groups excluding carboxylic acids is 1. The lowest BCUT2D eigenvalue weighted by atomic mass is 9.97. The number of nitrogens with two attached hydrogens (primary N) is 1. The Morgan fingerprint density at radius 1 is 1.32 bits per heavy atom. The average Bonchev–Trinajstić information content (AvgIpc) is 3.07. The van der Waals surface area contributed by atoms with E-state index in [1.165, 1.54) is 0 Å². The third-order valence-corrected chi connectivity index (χ3v) is 4.87. The van der Waals surface area contributed by atoms with Crippen molar-refractivity contribution in [1.82, 2.24) is 20.3 Å². The summed E-state index contributed by atoms with van der Waals surface area (Å²) in [4.78, 5) is 36.0. The Morgan fingerprint density at radius 3 is 2.60 bits per heavy atom. The molecule has 0 aromatic carbocycles. The second-order valence-electron chi connectivity index (χ2n) is 6.63. The van der Waals surface area contributed by atoms with Gasteiger partial charge < -0.3 is 16.0 Å². The highest BCUT2D eigenvalue weighted by molar-refractivity contribution is 5.79. The summed E-state index contributed by atoms with van der Waals surface area (Å²) in [6.45, 7) is 2.17. The Morgan fingerprint density at radius 2 is 2.00 bits per heavy atom. The van der Waals surface area contributed by atoms with E-state index in [1.54, 1.807) is 31.5 Å². The number of hydrogen-bond donors (Lipinski definition) is 3. The van der Waals surface area contributed by atoms with Crippen LogP contribution in [0.25, 0.3) is 11.4 Å². The highest BCUT2D eigenvalue weighted by atomic mass is 16.2. The summed E-state index contributed by atoms with van der Waals surface area (Å²) in [5.41, 5.74) is 6.97. The van der Waals surface area contributed by atoms with Crippen molar-refractivity contribution >= 4 is 5.91 Å². The number of rotatable bonds is 5. The quantitative estimate of drug-likeness (QED) is 0.753. The van der Waals surface area contributed by atoms with E-state index < -0.39 is 0 Å². The minimum atomic E-state index is -0.317. The average molecular weight is 341 g/mol. The predicted octanol–water partition coefficient (Wildman–Crippen LogP) is 1.07. The van der Waals surface area contributed by atoms with Crippen LogP contribution in [0.3, 0.4) is 0 Å². The van der Waals surface area contributed by atoms with E-state index in [2.05, 4.69) is 20.3 Å². The summed E-state index contributed by atoms with van der Waals surface area (Å²) < 4.78 is 0. The van der Waals surface area contributed by atoms with Gasteiger partial charge in [-0.25, -0.2) is 4.98 Å².